The predicted octanol–water partition coefficient (Wildman–Crippen LogP) is 7.54. The molecule has 2 heterocycles. The second kappa shape index (κ2) is 9.67. The zero-order valence-electron chi connectivity index (χ0n) is 22.2. The molecule has 0 atom stereocenters. The molecule has 0 radical (unpaired) electrons. The van der Waals surface area contributed by atoms with Crippen molar-refractivity contribution in [1.29, 1.82) is 0 Å². The average molecular weight is 539 g/mol. The molecule has 0 unspecified atom stereocenters. The van der Waals surface area contributed by atoms with Crippen molar-refractivity contribution < 1.29 is 0 Å². The standard InChI is InChI=1S/C34H26N4OS/c1-23-32(33(39)38(36(23)2)30-14-4-3-5-15-30)37-31(28-17-16-24-10-6-8-12-26(24)20-28)22-40-34(37)35-29-19-18-25-11-7-9-13-27(25)21-29/h3-22H,1-2H3. The van der Waals surface area contributed by atoms with Crippen molar-refractivity contribution in [3.05, 3.63) is 141 Å². The fraction of sp³-hybridized carbons (Fsp3) is 0.0588. The molecule has 2 aromatic heterocycles. The third-order valence-corrected chi connectivity index (χ3v) is 8.28. The van der Waals surface area contributed by atoms with Crippen LogP contribution in [-0.4, -0.2) is 13.9 Å². The topological polar surface area (TPSA) is 44.2 Å². The van der Waals surface area contributed by atoms with Crippen LogP contribution in [0.2, 0.25) is 0 Å². The molecule has 0 saturated carbocycles. The summed E-state index contributed by atoms with van der Waals surface area (Å²) >= 11 is 1.54. The number of para-hydroxylation sites is 1. The normalized spacial score (nSPS) is 12.0. The van der Waals surface area contributed by atoms with E-state index in [-0.39, 0.29) is 5.56 Å². The lowest BCUT2D eigenvalue weighted by Crippen LogP contribution is -2.24. The molecule has 5 aromatic carbocycles. The summed E-state index contributed by atoms with van der Waals surface area (Å²) in [4.78, 5) is 20.0. The van der Waals surface area contributed by atoms with Gasteiger partial charge in [-0.25, -0.2) is 9.67 Å². The highest BCUT2D eigenvalue weighted by Crippen LogP contribution is 2.28. The molecule has 0 fully saturated rings. The van der Waals surface area contributed by atoms with Gasteiger partial charge in [0.2, 0.25) is 0 Å². The number of hydrogen-bond acceptors (Lipinski definition) is 3. The quantitative estimate of drug-likeness (QED) is 0.228. The van der Waals surface area contributed by atoms with Crippen molar-refractivity contribution in [2.45, 2.75) is 6.92 Å². The fourth-order valence-electron chi connectivity index (χ4n) is 5.32. The second-order valence-corrected chi connectivity index (χ2v) is 10.7. The fourth-order valence-corrected chi connectivity index (χ4v) is 6.24. The highest BCUT2D eigenvalue weighted by atomic mass is 32.1. The van der Waals surface area contributed by atoms with Crippen molar-refractivity contribution in [3.63, 3.8) is 0 Å². The molecule has 0 saturated heterocycles. The van der Waals surface area contributed by atoms with Gasteiger partial charge in [0, 0.05) is 18.0 Å². The zero-order chi connectivity index (χ0) is 27.2. The summed E-state index contributed by atoms with van der Waals surface area (Å²) in [6.45, 7) is 1.99. The molecule has 6 heteroatoms. The minimum atomic E-state index is -0.0911. The molecule has 0 aliphatic rings. The lowest BCUT2D eigenvalue weighted by atomic mass is 10.1. The maximum absolute atomic E-state index is 14.2. The molecule has 0 bridgehead atoms. The molecule has 7 aromatic rings. The number of aromatic nitrogens is 3. The number of fused-ring (bicyclic) bond motifs is 2. The van der Waals surface area contributed by atoms with E-state index in [2.05, 4.69) is 60.0 Å². The molecule has 0 amide bonds. The van der Waals surface area contributed by atoms with Crippen LogP contribution in [0.25, 0.3) is 44.2 Å². The Morgan fingerprint density at radius 1 is 0.700 bits per heavy atom. The van der Waals surface area contributed by atoms with E-state index in [1.165, 1.54) is 22.1 Å². The first-order chi connectivity index (χ1) is 19.6. The first kappa shape index (κ1) is 24.1. The van der Waals surface area contributed by atoms with Gasteiger partial charge in [-0.3, -0.25) is 14.0 Å². The second-order valence-electron chi connectivity index (χ2n) is 9.85. The van der Waals surface area contributed by atoms with Gasteiger partial charge < -0.3 is 0 Å². The minimum absolute atomic E-state index is 0.0911. The van der Waals surface area contributed by atoms with Crippen LogP contribution in [-0.2, 0) is 7.05 Å². The molecule has 0 aliphatic carbocycles. The van der Waals surface area contributed by atoms with E-state index in [9.17, 15) is 4.79 Å². The molecular weight excluding hydrogens is 512 g/mol. The van der Waals surface area contributed by atoms with Gasteiger partial charge in [0.25, 0.3) is 5.56 Å². The van der Waals surface area contributed by atoms with Crippen LogP contribution in [0, 0.1) is 6.92 Å². The van der Waals surface area contributed by atoms with Crippen molar-refractivity contribution in [2.75, 3.05) is 0 Å². The van der Waals surface area contributed by atoms with Gasteiger partial charge in [-0.1, -0.05) is 84.9 Å². The Kier molecular flexibility index (Phi) is 5.83. The molecule has 0 N–H and O–H groups in total. The maximum Gasteiger partial charge on any atom is 0.296 e. The zero-order valence-corrected chi connectivity index (χ0v) is 23.0. The monoisotopic (exact) mass is 538 g/mol. The predicted molar refractivity (Wildman–Crippen MR) is 165 cm³/mol. The summed E-state index contributed by atoms with van der Waals surface area (Å²) in [6.07, 6.45) is 0. The largest absolute Gasteiger partial charge is 0.296 e. The molecule has 5 nitrogen and oxygen atoms in total. The number of nitrogens with zero attached hydrogens (tertiary/aromatic N) is 4. The molecule has 40 heavy (non-hydrogen) atoms. The maximum atomic E-state index is 14.2. The average Bonchev–Trinajstić information content (AvgIpc) is 3.49. The Morgan fingerprint density at radius 2 is 1.32 bits per heavy atom. The van der Waals surface area contributed by atoms with Crippen molar-refractivity contribution >= 4 is 38.6 Å². The first-order valence-corrected chi connectivity index (χ1v) is 14.0. The Hall–Kier alpha value is -4.94. The van der Waals surface area contributed by atoms with Gasteiger partial charge in [0.1, 0.15) is 5.69 Å². The van der Waals surface area contributed by atoms with Crippen molar-refractivity contribution in [3.8, 4) is 22.6 Å². The van der Waals surface area contributed by atoms with Gasteiger partial charge in [-0.2, -0.15) is 0 Å². The Bertz CT molecular complexity index is 2160. The van der Waals surface area contributed by atoms with E-state index in [1.54, 1.807) is 4.68 Å². The van der Waals surface area contributed by atoms with Gasteiger partial charge in [0.05, 0.1) is 22.8 Å². The Morgan fingerprint density at radius 3 is 2.05 bits per heavy atom. The van der Waals surface area contributed by atoms with Crippen LogP contribution in [0.4, 0.5) is 5.69 Å². The van der Waals surface area contributed by atoms with Crippen LogP contribution >= 0.6 is 11.3 Å². The van der Waals surface area contributed by atoms with E-state index in [1.807, 2.05) is 83.9 Å². The summed E-state index contributed by atoms with van der Waals surface area (Å²) in [6, 6.07) is 39.0. The van der Waals surface area contributed by atoms with Gasteiger partial charge in [-0.05, 0) is 58.8 Å². The van der Waals surface area contributed by atoms with E-state index in [0.717, 1.165) is 43.9 Å². The smallest absolute Gasteiger partial charge is 0.283 e. The van der Waals surface area contributed by atoms with Crippen LogP contribution in [0.5, 0.6) is 0 Å². The lowest BCUT2D eigenvalue weighted by molar-refractivity contribution is 0.630. The molecule has 194 valence electrons. The highest BCUT2D eigenvalue weighted by molar-refractivity contribution is 7.07. The Labute approximate surface area is 235 Å². The number of hydrogen-bond donors (Lipinski definition) is 0. The summed E-state index contributed by atoms with van der Waals surface area (Å²) in [5.74, 6) is 0. The van der Waals surface area contributed by atoms with Crippen LogP contribution < -0.4 is 10.4 Å². The summed E-state index contributed by atoms with van der Waals surface area (Å²) < 4.78 is 5.67. The summed E-state index contributed by atoms with van der Waals surface area (Å²) in [7, 11) is 1.93. The van der Waals surface area contributed by atoms with Crippen LogP contribution in [0.15, 0.2) is 130 Å². The SMILES string of the molecule is Cc1c(-n2c(-c3ccc4ccccc4c3)csc2=Nc2ccc3ccccc3c2)c(=O)n(-c2ccccc2)n1C. The van der Waals surface area contributed by atoms with E-state index >= 15 is 0 Å². The third-order valence-electron chi connectivity index (χ3n) is 7.46. The Balaban J connectivity index is 1.51. The van der Waals surface area contributed by atoms with Crippen molar-refractivity contribution in [1.82, 2.24) is 13.9 Å². The lowest BCUT2D eigenvalue weighted by Gasteiger charge is -2.09. The van der Waals surface area contributed by atoms with Crippen LogP contribution in [0.3, 0.4) is 0 Å². The van der Waals surface area contributed by atoms with E-state index in [0.29, 0.717) is 5.69 Å². The van der Waals surface area contributed by atoms with Gasteiger partial charge >= 0.3 is 0 Å². The van der Waals surface area contributed by atoms with Gasteiger partial charge in [-0.15, -0.1) is 11.3 Å². The van der Waals surface area contributed by atoms with Crippen LogP contribution in [0.1, 0.15) is 5.69 Å². The van der Waals surface area contributed by atoms with E-state index in [4.69, 9.17) is 4.99 Å². The highest BCUT2D eigenvalue weighted by Gasteiger charge is 2.22. The number of rotatable bonds is 4. The molecule has 0 aliphatic heterocycles. The molecule has 0 spiro atoms. The molecular formula is C34H26N4OS. The van der Waals surface area contributed by atoms with E-state index < -0.39 is 0 Å². The summed E-state index contributed by atoms with van der Waals surface area (Å²) in [5, 5.41) is 6.72. The third kappa shape index (κ3) is 4.01. The minimum Gasteiger partial charge on any atom is -0.283 e. The summed E-state index contributed by atoms with van der Waals surface area (Å²) in [5.41, 5.74) is 4.98. The number of thiazole rings is 1. The molecule has 7 rings (SSSR count). The van der Waals surface area contributed by atoms with Crippen molar-refractivity contribution in [2.24, 2.45) is 12.0 Å². The first-order valence-electron chi connectivity index (χ1n) is 13.2. The van der Waals surface area contributed by atoms with Gasteiger partial charge in [0.15, 0.2) is 4.80 Å². The number of benzene rings is 5.